The maximum absolute atomic E-state index is 12.8. The molecule has 0 radical (unpaired) electrons. The van der Waals surface area contributed by atoms with Gasteiger partial charge in [-0.2, -0.15) is 0 Å². The minimum atomic E-state index is -0.783. The maximum Gasteiger partial charge on any atom is 0.306 e. The lowest BCUT2D eigenvalue weighted by Crippen LogP contribution is -2.30. The van der Waals surface area contributed by atoms with Gasteiger partial charge in [-0.05, 0) is 96.3 Å². The first-order valence-electron chi connectivity index (χ1n) is 28.6. The van der Waals surface area contributed by atoms with Crippen LogP contribution in [0.2, 0.25) is 0 Å². The van der Waals surface area contributed by atoms with Gasteiger partial charge in [0, 0.05) is 19.3 Å². The molecule has 6 heteroatoms. The Morgan fingerprint density at radius 2 is 0.574 bits per heavy atom. The maximum atomic E-state index is 12.8. The number of hydrogen-bond donors (Lipinski definition) is 0. The van der Waals surface area contributed by atoms with Crippen molar-refractivity contribution in [3.63, 3.8) is 0 Å². The summed E-state index contributed by atoms with van der Waals surface area (Å²) >= 11 is 0. The number of carbonyl (C=O) groups excluding carboxylic acids is 3. The van der Waals surface area contributed by atoms with Gasteiger partial charge >= 0.3 is 17.9 Å². The Morgan fingerprint density at radius 3 is 0.897 bits per heavy atom. The van der Waals surface area contributed by atoms with E-state index < -0.39 is 6.10 Å². The van der Waals surface area contributed by atoms with E-state index in [1.54, 1.807) is 0 Å². The van der Waals surface area contributed by atoms with E-state index in [0.29, 0.717) is 19.3 Å². The molecule has 0 amide bonds. The Morgan fingerprint density at radius 1 is 0.309 bits per heavy atom. The van der Waals surface area contributed by atoms with Crippen LogP contribution >= 0.6 is 0 Å². The van der Waals surface area contributed by atoms with Crippen molar-refractivity contribution >= 4 is 17.9 Å². The summed E-state index contributed by atoms with van der Waals surface area (Å²) in [5.41, 5.74) is 0. The fraction of sp³-hybridized carbons (Fsp3) is 0.726. The number of esters is 3. The van der Waals surface area contributed by atoms with E-state index in [9.17, 15) is 14.4 Å². The minimum Gasteiger partial charge on any atom is -0.462 e. The molecule has 0 aromatic carbocycles. The highest BCUT2D eigenvalue weighted by Gasteiger charge is 2.19. The number of allylic oxidation sites excluding steroid dienone is 14. The van der Waals surface area contributed by atoms with Crippen molar-refractivity contribution in [2.24, 2.45) is 0 Å². The van der Waals surface area contributed by atoms with E-state index in [2.05, 4.69) is 106 Å². The summed E-state index contributed by atoms with van der Waals surface area (Å²) in [6.45, 7) is 6.45. The van der Waals surface area contributed by atoms with E-state index in [4.69, 9.17) is 14.2 Å². The van der Waals surface area contributed by atoms with E-state index in [1.807, 2.05) is 0 Å². The average Bonchev–Trinajstić information content (AvgIpc) is 3.34. The van der Waals surface area contributed by atoms with Gasteiger partial charge in [0.25, 0.3) is 0 Å². The molecule has 1 atom stereocenters. The van der Waals surface area contributed by atoms with Crippen molar-refractivity contribution in [2.75, 3.05) is 13.2 Å². The van der Waals surface area contributed by atoms with Gasteiger partial charge in [-0.15, -0.1) is 0 Å². The van der Waals surface area contributed by atoms with Crippen LogP contribution in [0.4, 0.5) is 0 Å². The van der Waals surface area contributed by atoms with Gasteiger partial charge in [0.1, 0.15) is 13.2 Å². The minimum absolute atomic E-state index is 0.0837. The Kier molecular flexibility index (Phi) is 53.4. The van der Waals surface area contributed by atoms with Gasteiger partial charge in [0.05, 0.1) is 0 Å². The third-order valence-corrected chi connectivity index (χ3v) is 12.1. The van der Waals surface area contributed by atoms with Crippen molar-refractivity contribution in [3.8, 4) is 0 Å². The highest BCUT2D eigenvalue weighted by molar-refractivity contribution is 5.71. The van der Waals surface area contributed by atoms with Gasteiger partial charge in [-0.3, -0.25) is 14.4 Å². The second-order valence-electron chi connectivity index (χ2n) is 18.8. The number of rotatable bonds is 51. The molecule has 0 aliphatic carbocycles. The molecular weight excluding hydrogens is 841 g/mol. The summed E-state index contributed by atoms with van der Waals surface area (Å²) in [4.78, 5) is 37.9. The van der Waals surface area contributed by atoms with Crippen molar-refractivity contribution in [3.05, 3.63) is 85.1 Å². The first-order chi connectivity index (χ1) is 33.5. The fourth-order valence-electron chi connectivity index (χ4n) is 7.85. The molecule has 1 unspecified atom stereocenters. The second kappa shape index (κ2) is 56.2. The van der Waals surface area contributed by atoms with E-state index in [-0.39, 0.29) is 31.1 Å². The van der Waals surface area contributed by atoms with E-state index >= 15 is 0 Å². The quantitative estimate of drug-likeness (QED) is 0.0262. The molecule has 0 N–H and O–H groups in total. The molecule has 0 rings (SSSR count). The number of carbonyl (C=O) groups is 3. The SMILES string of the molecule is CC/C=C\C/C=C\C/C=C\C/C=C\CCCCCCCCC(=O)OC(COC(=O)CCCCCCCC)COC(=O)CCCCCCCCCCCC/C=C\C/C=C\C/C=C\CCCCCCC. The Labute approximate surface area is 420 Å². The lowest BCUT2D eigenvalue weighted by Gasteiger charge is -2.18. The van der Waals surface area contributed by atoms with Crippen LogP contribution in [0.1, 0.15) is 271 Å². The number of ether oxygens (including phenoxy) is 3. The fourth-order valence-corrected chi connectivity index (χ4v) is 7.85. The van der Waals surface area contributed by atoms with Crippen molar-refractivity contribution in [2.45, 2.75) is 277 Å². The molecule has 0 aromatic rings. The van der Waals surface area contributed by atoms with Gasteiger partial charge in [0.15, 0.2) is 6.10 Å². The summed E-state index contributed by atoms with van der Waals surface area (Å²) < 4.78 is 16.7. The Hall–Kier alpha value is -3.41. The van der Waals surface area contributed by atoms with Crippen LogP contribution < -0.4 is 0 Å². The van der Waals surface area contributed by atoms with Gasteiger partial charge < -0.3 is 14.2 Å². The van der Waals surface area contributed by atoms with Crippen LogP contribution in [-0.2, 0) is 28.6 Å². The van der Waals surface area contributed by atoms with Crippen LogP contribution in [0.25, 0.3) is 0 Å². The van der Waals surface area contributed by atoms with Crippen LogP contribution in [0.15, 0.2) is 85.1 Å². The standard InChI is InChI=1S/C62H106O6/c1-4-7-10-13-16-18-20-22-24-26-28-29-30-31-32-33-35-36-38-40-42-44-46-49-52-55-61(64)67-58-59(57-66-60(63)54-51-48-15-12-9-6-3)68-62(65)56-53-50-47-45-43-41-39-37-34-27-25-23-21-19-17-14-11-8-5-2/h8,11,17,19-20,22-23,25-26,28,30-31,34,37,59H,4-7,9-10,12-16,18,21,24,27,29,32-33,35-36,38-58H2,1-3H3/b11-8-,19-17-,22-20-,25-23-,28-26-,31-30-,37-34-. The Bertz CT molecular complexity index is 1320. The van der Waals surface area contributed by atoms with Crippen LogP contribution in [0, 0.1) is 0 Å². The first-order valence-corrected chi connectivity index (χ1v) is 28.6. The first kappa shape index (κ1) is 64.6. The molecule has 0 bridgehead atoms. The highest BCUT2D eigenvalue weighted by Crippen LogP contribution is 2.15. The molecule has 68 heavy (non-hydrogen) atoms. The number of unbranched alkanes of at least 4 members (excludes halogenated alkanes) is 26. The normalized spacial score (nSPS) is 12.7. The number of hydrogen-bond acceptors (Lipinski definition) is 6. The van der Waals surface area contributed by atoms with Crippen molar-refractivity contribution in [1.82, 2.24) is 0 Å². The second-order valence-corrected chi connectivity index (χ2v) is 18.8. The smallest absolute Gasteiger partial charge is 0.306 e. The molecule has 0 saturated carbocycles. The predicted molar refractivity (Wildman–Crippen MR) is 293 cm³/mol. The molecule has 390 valence electrons. The summed E-state index contributed by atoms with van der Waals surface area (Å²) in [6.07, 6.45) is 73.2. The summed E-state index contributed by atoms with van der Waals surface area (Å²) in [5.74, 6) is -0.908. The summed E-state index contributed by atoms with van der Waals surface area (Å²) in [7, 11) is 0. The molecule has 0 spiro atoms. The third-order valence-electron chi connectivity index (χ3n) is 12.1. The molecule has 0 aliphatic rings. The lowest BCUT2D eigenvalue weighted by atomic mass is 10.1. The lowest BCUT2D eigenvalue weighted by molar-refractivity contribution is -0.167. The monoisotopic (exact) mass is 947 g/mol. The zero-order valence-electron chi connectivity index (χ0n) is 44.6. The molecule has 0 aliphatic heterocycles. The largest absolute Gasteiger partial charge is 0.462 e. The zero-order chi connectivity index (χ0) is 49.3. The average molecular weight is 948 g/mol. The topological polar surface area (TPSA) is 78.9 Å². The van der Waals surface area contributed by atoms with Crippen LogP contribution in [0.3, 0.4) is 0 Å². The Balaban J connectivity index is 4.17. The summed E-state index contributed by atoms with van der Waals surface area (Å²) in [6, 6.07) is 0. The van der Waals surface area contributed by atoms with Crippen molar-refractivity contribution in [1.29, 1.82) is 0 Å². The highest BCUT2D eigenvalue weighted by atomic mass is 16.6. The molecule has 0 heterocycles. The van der Waals surface area contributed by atoms with Crippen LogP contribution in [-0.4, -0.2) is 37.2 Å². The van der Waals surface area contributed by atoms with Gasteiger partial charge in [-0.1, -0.05) is 241 Å². The van der Waals surface area contributed by atoms with Crippen molar-refractivity contribution < 1.29 is 28.6 Å². The third kappa shape index (κ3) is 53.5. The van der Waals surface area contributed by atoms with Crippen LogP contribution in [0.5, 0.6) is 0 Å². The van der Waals surface area contributed by atoms with E-state index in [1.165, 1.54) is 122 Å². The van der Waals surface area contributed by atoms with Gasteiger partial charge in [-0.25, -0.2) is 0 Å². The summed E-state index contributed by atoms with van der Waals surface area (Å²) in [5, 5.41) is 0. The molecule has 0 fully saturated rings. The van der Waals surface area contributed by atoms with Gasteiger partial charge in [0.2, 0.25) is 0 Å². The van der Waals surface area contributed by atoms with E-state index in [0.717, 1.165) is 109 Å². The molecule has 0 aromatic heterocycles. The molecular formula is C62H106O6. The molecule has 6 nitrogen and oxygen atoms in total. The molecule has 0 saturated heterocycles. The predicted octanol–water partition coefficient (Wildman–Crippen LogP) is 19.2. The zero-order valence-corrected chi connectivity index (χ0v) is 44.6.